The van der Waals surface area contributed by atoms with Crippen molar-refractivity contribution in [3.8, 4) is 0 Å². The van der Waals surface area contributed by atoms with Gasteiger partial charge < -0.3 is 10.6 Å². The molecule has 2 aliphatic rings. The van der Waals surface area contributed by atoms with Crippen LogP contribution in [-0.2, 0) is 21.2 Å². The second kappa shape index (κ2) is 11.1. The number of hydrogen-bond donors (Lipinski definition) is 2. The van der Waals surface area contributed by atoms with E-state index in [1.165, 1.54) is 9.71 Å². The molecule has 2 aliphatic heterocycles. The molecule has 39 heavy (non-hydrogen) atoms. The maximum Gasteiger partial charge on any atom is 0.389 e. The SMILES string of the molecule is CNc1cc(C)c(C=CS(=O)(=O)N2CCC3(CC2)N=C(c2ccc(CCCC(F)(F)F)cc2)NC3=O)c(C)c1. The quantitative estimate of drug-likeness (QED) is 0.477. The molecule has 2 heterocycles. The van der Waals surface area contributed by atoms with Crippen LogP contribution in [0.3, 0.4) is 0 Å². The summed E-state index contributed by atoms with van der Waals surface area (Å²) in [7, 11) is -1.86. The van der Waals surface area contributed by atoms with Gasteiger partial charge >= 0.3 is 6.18 Å². The molecule has 11 heteroatoms. The van der Waals surface area contributed by atoms with Crippen LogP contribution in [0.25, 0.3) is 6.08 Å². The fourth-order valence-corrected chi connectivity index (χ4v) is 6.22. The van der Waals surface area contributed by atoms with Gasteiger partial charge in [0.2, 0.25) is 10.0 Å². The standard InChI is InChI=1S/C28H33F3N4O3S/c1-19-17-23(32-3)18-20(2)24(19)10-16-39(37,38)35-14-12-27(13-15-35)26(36)33-25(34-27)22-8-6-21(7-9-22)5-4-11-28(29,30)31/h6-10,16-18,32H,4-5,11-15H2,1-3H3,(H,33,34,36). The molecule has 1 spiro atoms. The lowest BCUT2D eigenvalue weighted by Crippen LogP contribution is -2.50. The molecule has 0 bridgehead atoms. The molecule has 1 fully saturated rings. The molecular formula is C28H33F3N4O3S. The molecule has 2 N–H and O–H groups in total. The highest BCUT2D eigenvalue weighted by Crippen LogP contribution is 2.33. The monoisotopic (exact) mass is 562 g/mol. The molecule has 0 aromatic heterocycles. The van der Waals surface area contributed by atoms with E-state index in [0.29, 0.717) is 17.8 Å². The molecule has 1 saturated heterocycles. The number of anilines is 1. The Hall–Kier alpha value is -3.18. The van der Waals surface area contributed by atoms with E-state index in [1.54, 1.807) is 30.3 Å². The summed E-state index contributed by atoms with van der Waals surface area (Å²) in [6.45, 7) is 4.18. The van der Waals surface area contributed by atoms with Crippen LogP contribution in [0, 0.1) is 13.8 Å². The number of amidine groups is 1. The topological polar surface area (TPSA) is 90.9 Å². The van der Waals surface area contributed by atoms with Gasteiger partial charge in [-0.05, 0) is 80.0 Å². The first-order chi connectivity index (χ1) is 18.3. The van der Waals surface area contributed by atoms with Gasteiger partial charge in [0.25, 0.3) is 5.91 Å². The van der Waals surface area contributed by atoms with Crippen molar-refractivity contribution < 1.29 is 26.4 Å². The number of aryl methyl sites for hydroxylation is 3. The van der Waals surface area contributed by atoms with E-state index in [2.05, 4.69) is 15.6 Å². The number of sulfonamides is 1. The second-order valence-corrected chi connectivity index (χ2v) is 12.0. The fraction of sp³-hybridized carbons (Fsp3) is 0.429. The van der Waals surface area contributed by atoms with Crippen molar-refractivity contribution in [2.45, 2.75) is 57.7 Å². The predicted octanol–water partition coefficient (Wildman–Crippen LogP) is 4.94. The highest BCUT2D eigenvalue weighted by Gasteiger charge is 2.47. The lowest BCUT2D eigenvalue weighted by Gasteiger charge is -2.34. The number of amides is 1. The smallest absolute Gasteiger partial charge is 0.388 e. The summed E-state index contributed by atoms with van der Waals surface area (Å²) in [5.74, 6) is 0.129. The molecule has 4 rings (SSSR count). The second-order valence-electron chi connectivity index (χ2n) is 10.1. The van der Waals surface area contributed by atoms with Gasteiger partial charge in [-0.15, -0.1) is 0 Å². The van der Waals surface area contributed by atoms with E-state index in [9.17, 15) is 26.4 Å². The van der Waals surface area contributed by atoms with Crippen molar-refractivity contribution >= 4 is 33.5 Å². The fourth-order valence-electron chi connectivity index (χ4n) is 5.05. The van der Waals surface area contributed by atoms with Crippen LogP contribution in [0.1, 0.15) is 53.5 Å². The molecule has 0 radical (unpaired) electrons. The Balaban J connectivity index is 1.41. The van der Waals surface area contributed by atoms with Gasteiger partial charge in [0.05, 0.1) is 0 Å². The minimum atomic E-state index is -4.17. The van der Waals surface area contributed by atoms with Crippen LogP contribution < -0.4 is 10.6 Å². The number of carbonyl (C=O) groups is 1. The number of benzene rings is 2. The van der Waals surface area contributed by atoms with Crippen molar-refractivity contribution in [2.75, 3.05) is 25.5 Å². The van der Waals surface area contributed by atoms with Crippen molar-refractivity contribution in [3.05, 3.63) is 69.6 Å². The third kappa shape index (κ3) is 6.70. The van der Waals surface area contributed by atoms with Gasteiger partial charge in [-0.25, -0.2) is 8.42 Å². The lowest BCUT2D eigenvalue weighted by molar-refractivity contribution is -0.135. The number of piperidine rings is 1. The van der Waals surface area contributed by atoms with Crippen molar-refractivity contribution in [1.29, 1.82) is 0 Å². The van der Waals surface area contributed by atoms with Crippen molar-refractivity contribution in [2.24, 2.45) is 4.99 Å². The van der Waals surface area contributed by atoms with Gasteiger partial charge in [0.1, 0.15) is 11.4 Å². The normalized spacial score (nSPS) is 18.0. The maximum absolute atomic E-state index is 13.1. The van der Waals surface area contributed by atoms with E-state index in [-0.39, 0.29) is 38.3 Å². The van der Waals surface area contributed by atoms with E-state index in [0.717, 1.165) is 27.9 Å². The van der Waals surface area contributed by atoms with Gasteiger partial charge in [-0.2, -0.15) is 17.5 Å². The van der Waals surface area contributed by atoms with Crippen LogP contribution in [0.2, 0.25) is 0 Å². The third-order valence-electron chi connectivity index (χ3n) is 7.33. The number of alkyl halides is 3. The largest absolute Gasteiger partial charge is 0.389 e. The molecule has 0 saturated carbocycles. The summed E-state index contributed by atoms with van der Waals surface area (Å²) >= 11 is 0. The molecule has 0 aliphatic carbocycles. The molecule has 7 nitrogen and oxygen atoms in total. The first kappa shape index (κ1) is 28.8. The third-order valence-corrected chi connectivity index (χ3v) is 8.90. The molecule has 0 atom stereocenters. The predicted molar refractivity (Wildman–Crippen MR) is 147 cm³/mol. The van der Waals surface area contributed by atoms with Gasteiger partial charge in [-0.3, -0.25) is 9.79 Å². The van der Waals surface area contributed by atoms with Gasteiger partial charge in [0.15, 0.2) is 0 Å². The average molecular weight is 563 g/mol. The van der Waals surface area contributed by atoms with E-state index in [4.69, 9.17) is 0 Å². The molecule has 2 aromatic carbocycles. The van der Waals surface area contributed by atoms with Crippen LogP contribution in [0.5, 0.6) is 0 Å². The van der Waals surface area contributed by atoms with Crippen LogP contribution in [0.4, 0.5) is 18.9 Å². The molecule has 1 amide bonds. The van der Waals surface area contributed by atoms with Crippen LogP contribution in [-0.4, -0.2) is 56.3 Å². The molecule has 210 valence electrons. The maximum atomic E-state index is 13.1. The first-order valence-electron chi connectivity index (χ1n) is 12.9. The summed E-state index contributed by atoms with van der Waals surface area (Å²) in [5.41, 5.74) is 4.13. The van der Waals surface area contributed by atoms with Gasteiger partial charge in [0, 0.05) is 43.2 Å². The summed E-state index contributed by atoms with van der Waals surface area (Å²) in [6.07, 6.45) is -2.55. The number of carbonyl (C=O) groups excluding carboxylic acids is 1. The zero-order valence-corrected chi connectivity index (χ0v) is 23.0. The van der Waals surface area contributed by atoms with E-state index < -0.39 is 28.2 Å². The number of nitrogens with one attached hydrogen (secondary N) is 2. The van der Waals surface area contributed by atoms with Crippen LogP contribution in [0.15, 0.2) is 46.8 Å². The zero-order valence-electron chi connectivity index (χ0n) is 22.2. The Morgan fingerprint density at radius 3 is 2.28 bits per heavy atom. The Morgan fingerprint density at radius 1 is 1.10 bits per heavy atom. The van der Waals surface area contributed by atoms with Crippen LogP contribution >= 0.6 is 0 Å². The number of hydrogen-bond acceptors (Lipinski definition) is 5. The Kier molecular flexibility index (Phi) is 8.22. The lowest BCUT2D eigenvalue weighted by atomic mass is 9.89. The Morgan fingerprint density at radius 2 is 1.72 bits per heavy atom. The van der Waals surface area contributed by atoms with E-state index >= 15 is 0 Å². The average Bonchev–Trinajstić information content (AvgIpc) is 3.18. The number of rotatable bonds is 8. The summed E-state index contributed by atoms with van der Waals surface area (Å²) in [4.78, 5) is 17.6. The Labute approximate surface area is 227 Å². The summed E-state index contributed by atoms with van der Waals surface area (Å²) in [5, 5.41) is 7.12. The van der Waals surface area contributed by atoms with E-state index in [1.807, 2.05) is 33.0 Å². The van der Waals surface area contributed by atoms with Crippen molar-refractivity contribution in [3.63, 3.8) is 0 Å². The number of nitrogens with zero attached hydrogens (tertiary/aromatic N) is 2. The number of halogens is 3. The first-order valence-corrected chi connectivity index (χ1v) is 14.4. The number of aliphatic imine (C=N–C) groups is 1. The van der Waals surface area contributed by atoms with Gasteiger partial charge in [-0.1, -0.05) is 24.3 Å². The highest BCUT2D eigenvalue weighted by atomic mass is 32.2. The van der Waals surface area contributed by atoms with Crippen molar-refractivity contribution in [1.82, 2.24) is 9.62 Å². The Bertz CT molecular complexity index is 1370. The highest BCUT2D eigenvalue weighted by molar-refractivity contribution is 7.92. The molecular weight excluding hydrogens is 529 g/mol. The molecule has 2 aromatic rings. The minimum Gasteiger partial charge on any atom is -0.388 e. The summed E-state index contributed by atoms with van der Waals surface area (Å²) < 4.78 is 64.7. The minimum absolute atomic E-state index is 0.0140. The zero-order chi connectivity index (χ0) is 28.4. The summed E-state index contributed by atoms with van der Waals surface area (Å²) in [6, 6.07) is 10.9. The molecule has 0 unspecified atom stereocenters.